The van der Waals surface area contributed by atoms with Crippen molar-refractivity contribution in [1.82, 2.24) is 10.2 Å². The first-order valence-electron chi connectivity index (χ1n) is 16.1. The van der Waals surface area contributed by atoms with Crippen molar-refractivity contribution in [2.24, 2.45) is 0 Å². The Hall–Kier alpha value is -4.32. The number of nitrogens with one attached hydrogen (secondary N) is 2. The van der Waals surface area contributed by atoms with E-state index in [1.54, 1.807) is 45.0 Å². The van der Waals surface area contributed by atoms with Crippen LogP contribution in [-0.4, -0.2) is 42.1 Å². The molecule has 1 atom stereocenters. The smallest absolute Gasteiger partial charge is 0.416 e. The highest BCUT2D eigenvalue weighted by Gasteiger charge is 2.39. The molecule has 0 radical (unpaired) electrons. The zero-order valence-electron chi connectivity index (χ0n) is 27.5. The van der Waals surface area contributed by atoms with Gasteiger partial charge >= 0.3 is 18.4 Å². The van der Waals surface area contributed by atoms with E-state index >= 15 is 0 Å². The van der Waals surface area contributed by atoms with Gasteiger partial charge in [-0.15, -0.1) is 0 Å². The number of ether oxygens (including phenoxy) is 1. The van der Waals surface area contributed by atoms with Crippen molar-refractivity contribution in [1.29, 1.82) is 0 Å². The molecule has 0 aromatic heterocycles. The van der Waals surface area contributed by atoms with Crippen molar-refractivity contribution < 1.29 is 40.7 Å². The number of anilines is 1. The van der Waals surface area contributed by atoms with Gasteiger partial charge in [0.05, 0.1) is 17.0 Å². The monoisotopic (exact) mass is 687 g/mol. The third kappa shape index (κ3) is 9.03. The summed E-state index contributed by atoms with van der Waals surface area (Å²) >= 11 is 0. The van der Waals surface area contributed by atoms with Crippen molar-refractivity contribution in [3.8, 4) is 0 Å². The van der Waals surface area contributed by atoms with Gasteiger partial charge in [0.25, 0.3) is 0 Å². The first-order chi connectivity index (χ1) is 22.9. The molecule has 1 aliphatic carbocycles. The normalized spacial score (nSPS) is 16.7. The van der Waals surface area contributed by atoms with E-state index in [1.165, 1.54) is 11.1 Å². The summed E-state index contributed by atoms with van der Waals surface area (Å²) < 4.78 is 86.0. The summed E-state index contributed by atoms with van der Waals surface area (Å²) in [5.74, 6) is -1.39. The predicted molar refractivity (Wildman–Crippen MR) is 175 cm³/mol. The number of nitrogens with zero attached hydrogens (tertiary/aromatic N) is 1. The minimum absolute atomic E-state index is 0.0360. The van der Waals surface area contributed by atoms with E-state index in [-0.39, 0.29) is 17.0 Å². The van der Waals surface area contributed by atoms with Gasteiger partial charge in [0.15, 0.2) is 0 Å². The van der Waals surface area contributed by atoms with E-state index in [1.807, 2.05) is 12.1 Å². The standard InChI is InChI=1S/C37H39F6N3O3/c1-34(2,3)49-33(48)45-29-9-6-8-26(21-29)30(12-16-46-17-14-35(15-18-46)13-11-25-7-4-5-10-31(25)35)32(47)44-23-24-19-27(36(38,39)40)22-28(20-24)37(41,42)43/h4-11,13,19-22,30H,12,14-18,23H2,1-3H3,(H,44,47)(H,45,48). The first kappa shape index (κ1) is 36.0. The fraction of sp³-hybridized carbons (Fsp3) is 0.405. The van der Waals surface area contributed by atoms with Gasteiger partial charge in [-0.25, -0.2) is 4.79 Å². The number of carbonyl (C=O) groups excluding carboxylic acids is 2. The SMILES string of the molecule is CC(C)(C)OC(=O)Nc1cccc(C(CCN2CCC3(C=Cc4ccccc43)CC2)C(=O)NCc2cc(C(F)(F)F)cc(C(F)(F)F)c2)c1. The maximum atomic E-state index is 13.7. The van der Waals surface area contributed by atoms with E-state index in [4.69, 9.17) is 4.74 Å². The molecule has 1 fully saturated rings. The summed E-state index contributed by atoms with van der Waals surface area (Å²) in [5.41, 5.74) is -0.607. The van der Waals surface area contributed by atoms with Crippen LogP contribution in [0.25, 0.3) is 6.08 Å². The lowest BCUT2D eigenvalue weighted by Gasteiger charge is -2.39. The Bertz CT molecular complexity index is 1670. The van der Waals surface area contributed by atoms with Crippen molar-refractivity contribution in [3.63, 3.8) is 0 Å². The van der Waals surface area contributed by atoms with Crippen LogP contribution in [-0.2, 0) is 33.8 Å². The molecule has 262 valence electrons. The molecule has 0 saturated carbocycles. The third-order valence-electron chi connectivity index (χ3n) is 8.93. The molecule has 2 aliphatic rings. The molecular formula is C37H39F6N3O3. The number of alkyl halides is 6. The van der Waals surface area contributed by atoms with E-state index in [9.17, 15) is 35.9 Å². The van der Waals surface area contributed by atoms with E-state index < -0.39 is 53.5 Å². The largest absolute Gasteiger partial charge is 0.444 e. The lowest BCUT2D eigenvalue weighted by atomic mass is 9.74. The van der Waals surface area contributed by atoms with Crippen LogP contribution in [0.5, 0.6) is 0 Å². The Morgan fingerprint density at radius 3 is 2.16 bits per heavy atom. The summed E-state index contributed by atoms with van der Waals surface area (Å²) in [6, 6.07) is 16.2. The zero-order chi connectivity index (χ0) is 35.6. The molecule has 49 heavy (non-hydrogen) atoms. The van der Waals surface area contributed by atoms with E-state index in [0.29, 0.717) is 36.3 Å². The third-order valence-corrected chi connectivity index (χ3v) is 8.93. The number of likely N-dealkylation sites (tertiary alicyclic amines) is 1. The van der Waals surface area contributed by atoms with Crippen molar-refractivity contribution in [3.05, 3.63) is 106 Å². The van der Waals surface area contributed by atoms with Crippen molar-refractivity contribution >= 4 is 23.8 Å². The molecule has 3 aromatic rings. The lowest BCUT2D eigenvalue weighted by Crippen LogP contribution is -2.42. The average molecular weight is 688 g/mol. The van der Waals surface area contributed by atoms with Crippen LogP contribution in [0.3, 0.4) is 0 Å². The maximum absolute atomic E-state index is 13.7. The second-order valence-corrected chi connectivity index (χ2v) is 13.6. The number of piperidine rings is 1. The number of amides is 2. The fourth-order valence-electron chi connectivity index (χ4n) is 6.50. The average Bonchev–Trinajstić information content (AvgIpc) is 3.37. The number of hydrogen-bond acceptors (Lipinski definition) is 4. The summed E-state index contributed by atoms with van der Waals surface area (Å²) in [6.07, 6.45) is -4.18. The van der Waals surface area contributed by atoms with Crippen molar-refractivity contribution in [2.45, 2.75) is 75.9 Å². The first-order valence-corrected chi connectivity index (χ1v) is 16.1. The molecule has 3 aromatic carbocycles. The number of benzene rings is 3. The molecule has 12 heteroatoms. The second kappa shape index (κ2) is 13.9. The van der Waals surface area contributed by atoms with Gasteiger partial charge < -0.3 is 15.0 Å². The topological polar surface area (TPSA) is 70.7 Å². The minimum Gasteiger partial charge on any atom is -0.444 e. The van der Waals surface area contributed by atoms with Crippen LogP contribution < -0.4 is 10.6 Å². The Kier molecular flexibility index (Phi) is 10.2. The van der Waals surface area contributed by atoms with E-state index in [0.717, 1.165) is 25.9 Å². The molecule has 1 spiro atoms. The Labute approximate surface area is 281 Å². The number of hydrogen-bond donors (Lipinski definition) is 2. The summed E-state index contributed by atoms with van der Waals surface area (Å²) in [5, 5.41) is 5.22. The quantitative estimate of drug-likeness (QED) is 0.232. The van der Waals surface area contributed by atoms with Gasteiger partial charge in [0, 0.05) is 17.6 Å². The number of rotatable bonds is 8. The predicted octanol–water partition coefficient (Wildman–Crippen LogP) is 8.92. The highest BCUT2D eigenvalue weighted by molar-refractivity contribution is 5.87. The van der Waals surface area contributed by atoms with Crippen LogP contribution in [0, 0.1) is 0 Å². The zero-order valence-corrected chi connectivity index (χ0v) is 27.5. The van der Waals surface area contributed by atoms with Gasteiger partial charge in [-0.05, 0) is 112 Å². The summed E-state index contributed by atoms with van der Waals surface area (Å²) in [6.45, 7) is 6.68. The number of carbonyl (C=O) groups is 2. The van der Waals surface area contributed by atoms with Crippen LogP contribution in [0.2, 0.25) is 0 Å². The number of halogens is 6. The molecule has 0 bridgehead atoms. The van der Waals surface area contributed by atoms with E-state index in [2.05, 4.69) is 39.8 Å². The van der Waals surface area contributed by atoms with Gasteiger partial charge in [-0.1, -0.05) is 48.6 Å². The summed E-state index contributed by atoms with van der Waals surface area (Å²) in [4.78, 5) is 28.4. The molecule has 2 amide bonds. The lowest BCUT2D eigenvalue weighted by molar-refractivity contribution is -0.143. The van der Waals surface area contributed by atoms with Crippen LogP contribution in [0.4, 0.5) is 36.8 Å². The molecule has 5 rings (SSSR count). The Morgan fingerprint density at radius 1 is 0.878 bits per heavy atom. The molecule has 1 saturated heterocycles. The van der Waals surface area contributed by atoms with Gasteiger partial charge in [0.1, 0.15) is 5.60 Å². The molecule has 1 aliphatic heterocycles. The van der Waals surface area contributed by atoms with Crippen LogP contribution in [0.15, 0.2) is 72.8 Å². The number of fused-ring (bicyclic) bond motifs is 2. The molecule has 6 nitrogen and oxygen atoms in total. The van der Waals surface area contributed by atoms with Gasteiger partial charge in [-0.3, -0.25) is 10.1 Å². The highest BCUT2D eigenvalue weighted by atomic mass is 19.4. The van der Waals surface area contributed by atoms with Crippen LogP contribution >= 0.6 is 0 Å². The highest BCUT2D eigenvalue weighted by Crippen LogP contribution is 2.44. The minimum atomic E-state index is -5.01. The molecule has 1 heterocycles. The molecule has 1 unspecified atom stereocenters. The Morgan fingerprint density at radius 2 is 1.53 bits per heavy atom. The molecular weight excluding hydrogens is 648 g/mol. The Balaban J connectivity index is 1.33. The van der Waals surface area contributed by atoms with Crippen molar-refractivity contribution in [2.75, 3.05) is 25.0 Å². The van der Waals surface area contributed by atoms with Gasteiger partial charge in [-0.2, -0.15) is 26.3 Å². The summed E-state index contributed by atoms with van der Waals surface area (Å²) in [7, 11) is 0. The van der Waals surface area contributed by atoms with Crippen LogP contribution in [0.1, 0.15) is 79.3 Å². The molecule has 2 N–H and O–H groups in total. The van der Waals surface area contributed by atoms with Gasteiger partial charge in [0.2, 0.25) is 5.91 Å². The maximum Gasteiger partial charge on any atom is 0.416 e. The second-order valence-electron chi connectivity index (χ2n) is 13.6. The fourth-order valence-corrected chi connectivity index (χ4v) is 6.50. The number of allylic oxidation sites excluding steroid dienone is 1.